The van der Waals surface area contributed by atoms with E-state index in [1.165, 1.54) is 18.2 Å². The van der Waals surface area contributed by atoms with Crippen LogP contribution in [0.5, 0.6) is 0 Å². The van der Waals surface area contributed by atoms with Crippen LogP contribution in [0.3, 0.4) is 0 Å². The maximum Gasteiger partial charge on any atom is 0.309 e. The average molecular weight is 418 g/mol. The topological polar surface area (TPSA) is 51.5 Å². The highest BCUT2D eigenvalue weighted by atomic mass is 19.1. The standard InChI is InChI=1S/C23H28F2N2O3/c1-5-30-23(29)17-9-11-26(12-10-17)22(28)21-15(3)14(2)16(4)27(21)13-18-19(24)7-6-8-20(18)25/h6-8,17H,5,9-13H2,1-4H3. The van der Waals surface area contributed by atoms with E-state index in [1.54, 1.807) is 16.4 Å². The zero-order valence-corrected chi connectivity index (χ0v) is 17.9. The van der Waals surface area contributed by atoms with E-state index in [4.69, 9.17) is 4.74 Å². The van der Waals surface area contributed by atoms with Crippen molar-refractivity contribution in [3.8, 4) is 0 Å². The van der Waals surface area contributed by atoms with Gasteiger partial charge in [0.1, 0.15) is 17.3 Å². The monoisotopic (exact) mass is 418 g/mol. The number of nitrogens with zero attached hydrogens (tertiary/aromatic N) is 2. The lowest BCUT2D eigenvalue weighted by atomic mass is 9.96. The molecule has 1 saturated heterocycles. The molecule has 162 valence electrons. The zero-order valence-electron chi connectivity index (χ0n) is 17.9. The molecular formula is C23H28F2N2O3. The number of amides is 1. The fraction of sp³-hybridized carbons (Fsp3) is 0.478. The van der Waals surface area contributed by atoms with Crippen molar-refractivity contribution in [2.45, 2.75) is 47.1 Å². The summed E-state index contributed by atoms with van der Waals surface area (Å²) in [6, 6.07) is 3.77. The van der Waals surface area contributed by atoms with Crippen molar-refractivity contribution < 1.29 is 23.1 Å². The van der Waals surface area contributed by atoms with Crippen LogP contribution in [0.1, 0.15) is 52.6 Å². The largest absolute Gasteiger partial charge is 0.466 e. The summed E-state index contributed by atoms with van der Waals surface area (Å²) in [4.78, 5) is 27.1. The highest BCUT2D eigenvalue weighted by Crippen LogP contribution is 2.27. The van der Waals surface area contributed by atoms with Crippen molar-refractivity contribution >= 4 is 11.9 Å². The molecule has 1 aromatic carbocycles. The van der Waals surface area contributed by atoms with E-state index in [2.05, 4.69) is 0 Å². The fourth-order valence-corrected chi connectivity index (χ4v) is 4.06. The van der Waals surface area contributed by atoms with Crippen molar-refractivity contribution in [1.82, 2.24) is 9.47 Å². The molecule has 1 amide bonds. The molecular weight excluding hydrogens is 390 g/mol. The summed E-state index contributed by atoms with van der Waals surface area (Å²) in [5.41, 5.74) is 2.92. The van der Waals surface area contributed by atoms with Crippen LogP contribution in [-0.4, -0.2) is 41.0 Å². The van der Waals surface area contributed by atoms with Crippen molar-refractivity contribution in [2.24, 2.45) is 5.92 Å². The molecule has 0 N–H and O–H groups in total. The Balaban J connectivity index is 1.87. The van der Waals surface area contributed by atoms with Gasteiger partial charge in [-0.05, 0) is 63.8 Å². The molecule has 1 aliphatic heterocycles. The first-order chi connectivity index (χ1) is 14.3. The number of halogens is 2. The molecule has 7 heteroatoms. The van der Waals surface area contributed by atoms with Crippen molar-refractivity contribution in [2.75, 3.05) is 19.7 Å². The predicted molar refractivity (Wildman–Crippen MR) is 109 cm³/mol. The van der Waals surface area contributed by atoms with Gasteiger partial charge in [0, 0.05) is 24.3 Å². The molecule has 0 atom stereocenters. The first kappa shape index (κ1) is 22.0. The lowest BCUT2D eigenvalue weighted by molar-refractivity contribution is -0.149. The highest BCUT2D eigenvalue weighted by molar-refractivity contribution is 5.95. The Morgan fingerprint density at radius 3 is 2.23 bits per heavy atom. The number of carbonyl (C=O) groups excluding carboxylic acids is 2. The van der Waals surface area contributed by atoms with Crippen LogP contribution in [0, 0.1) is 38.3 Å². The molecule has 2 aromatic rings. The number of hydrogen-bond acceptors (Lipinski definition) is 3. The van der Waals surface area contributed by atoms with E-state index >= 15 is 0 Å². The molecule has 30 heavy (non-hydrogen) atoms. The summed E-state index contributed by atoms with van der Waals surface area (Å²) >= 11 is 0. The molecule has 0 saturated carbocycles. The molecule has 0 unspecified atom stereocenters. The summed E-state index contributed by atoms with van der Waals surface area (Å²) in [6.45, 7) is 8.56. The maximum atomic E-state index is 14.3. The molecule has 1 aliphatic rings. The van der Waals surface area contributed by atoms with Gasteiger partial charge < -0.3 is 14.2 Å². The first-order valence-electron chi connectivity index (χ1n) is 10.3. The third kappa shape index (κ3) is 4.11. The minimum absolute atomic E-state index is 0.0562. The number of hydrogen-bond donors (Lipinski definition) is 0. The second kappa shape index (κ2) is 8.98. The summed E-state index contributed by atoms with van der Waals surface area (Å²) in [5.74, 6) is -1.86. The number of benzene rings is 1. The van der Waals surface area contributed by atoms with Gasteiger partial charge in [-0.2, -0.15) is 0 Å². The van der Waals surface area contributed by atoms with Crippen LogP contribution in [0.4, 0.5) is 8.78 Å². The quantitative estimate of drug-likeness (QED) is 0.686. The smallest absolute Gasteiger partial charge is 0.309 e. The summed E-state index contributed by atoms with van der Waals surface area (Å²) in [7, 11) is 0. The second-order valence-corrected chi connectivity index (χ2v) is 7.79. The van der Waals surface area contributed by atoms with Crippen LogP contribution < -0.4 is 0 Å². The lowest BCUT2D eigenvalue weighted by Gasteiger charge is -2.31. The molecule has 1 aromatic heterocycles. The fourth-order valence-electron chi connectivity index (χ4n) is 4.06. The molecule has 5 nitrogen and oxygen atoms in total. The summed E-state index contributed by atoms with van der Waals surface area (Å²) in [5, 5.41) is 0. The van der Waals surface area contributed by atoms with E-state index in [0.717, 1.165) is 16.8 Å². The van der Waals surface area contributed by atoms with Gasteiger partial charge in [0.2, 0.25) is 0 Å². The number of carbonyl (C=O) groups is 2. The third-order valence-corrected chi connectivity index (χ3v) is 6.12. The van der Waals surface area contributed by atoms with E-state index in [-0.39, 0.29) is 29.9 Å². The number of aromatic nitrogens is 1. The van der Waals surface area contributed by atoms with Gasteiger partial charge in [-0.1, -0.05) is 6.07 Å². The molecule has 2 heterocycles. The Morgan fingerprint density at radius 1 is 1.07 bits per heavy atom. The van der Waals surface area contributed by atoms with E-state index in [9.17, 15) is 18.4 Å². The Morgan fingerprint density at radius 2 is 1.67 bits per heavy atom. The molecule has 0 aliphatic carbocycles. The predicted octanol–water partition coefficient (Wildman–Crippen LogP) is 4.16. The summed E-state index contributed by atoms with van der Waals surface area (Å²) < 4.78 is 35.3. The van der Waals surface area contributed by atoms with Crippen molar-refractivity contribution in [3.05, 3.63) is 57.9 Å². The Kier molecular flexibility index (Phi) is 6.58. The van der Waals surface area contributed by atoms with Gasteiger partial charge in [-0.25, -0.2) is 8.78 Å². The van der Waals surface area contributed by atoms with Gasteiger partial charge >= 0.3 is 5.97 Å². The van der Waals surface area contributed by atoms with Crippen LogP contribution in [0.2, 0.25) is 0 Å². The first-order valence-corrected chi connectivity index (χ1v) is 10.3. The van der Waals surface area contributed by atoms with Crippen LogP contribution in [0.25, 0.3) is 0 Å². The van der Waals surface area contributed by atoms with E-state index < -0.39 is 11.6 Å². The average Bonchev–Trinajstić information content (AvgIpc) is 2.94. The van der Waals surface area contributed by atoms with Crippen molar-refractivity contribution in [1.29, 1.82) is 0 Å². The van der Waals surface area contributed by atoms with Gasteiger partial charge in [-0.15, -0.1) is 0 Å². The van der Waals surface area contributed by atoms with Crippen LogP contribution >= 0.6 is 0 Å². The Bertz CT molecular complexity index is 940. The minimum Gasteiger partial charge on any atom is -0.466 e. The second-order valence-electron chi connectivity index (χ2n) is 7.79. The van der Waals surface area contributed by atoms with Crippen LogP contribution in [0.15, 0.2) is 18.2 Å². The van der Waals surface area contributed by atoms with Crippen LogP contribution in [-0.2, 0) is 16.1 Å². The normalized spacial score (nSPS) is 14.8. The third-order valence-electron chi connectivity index (χ3n) is 6.12. The number of ether oxygens (including phenoxy) is 1. The van der Waals surface area contributed by atoms with Gasteiger partial charge in [-0.3, -0.25) is 9.59 Å². The number of rotatable bonds is 5. The highest BCUT2D eigenvalue weighted by Gasteiger charge is 2.31. The number of piperidine rings is 1. The van der Waals surface area contributed by atoms with E-state index in [1.807, 2.05) is 20.8 Å². The lowest BCUT2D eigenvalue weighted by Crippen LogP contribution is -2.41. The zero-order chi connectivity index (χ0) is 22.0. The minimum atomic E-state index is -0.632. The molecule has 3 rings (SSSR count). The molecule has 0 bridgehead atoms. The Labute approximate surface area is 175 Å². The SMILES string of the molecule is CCOC(=O)C1CCN(C(=O)c2c(C)c(C)c(C)n2Cc2c(F)cccc2F)CC1. The number of likely N-dealkylation sites (tertiary alicyclic amines) is 1. The van der Waals surface area contributed by atoms with E-state index in [0.29, 0.717) is 38.2 Å². The number of esters is 1. The Hall–Kier alpha value is -2.70. The molecule has 0 spiro atoms. The van der Waals surface area contributed by atoms with Crippen molar-refractivity contribution in [3.63, 3.8) is 0 Å². The van der Waals surface area contributed by atoms with Gasteiger partial charge in [0.15, 0.2) is 0 Å². The summed E-state index contributed by atoms with van der Waals surface area (Å²) in [6.07, 6.45) is 1.09. The molecule has 1 fully saturated rings. The van der Waals surface area contributed by atoms with Gasteiger partial charge in [0.25, 0.3) is 5.91 Å². The molecule has 0 radical (unpaired) electrons. The van der Waals surface area contributed by atoms with Gasteiger partial charge in [0.05, 0.1) is 19.1 Å². The maximum absolute atomic E-state index is 14.3.